The third-order valence-electron chi connectivity index (χ3n) is 9.48. The van der Waals surface area contributed by atoms with Crippen molar-refractivity contribution in [1.29, 1.82) is 0 Å². The number of rotatable bonds is 13. The fourth-order valence-corrected chi connectivity index (χ4v) is 10.1. The predicted octanol–water partition coefficient (Wildman–Crippen LogP) is 10.8. The van der Waals surface area contributed by atoms with E-state index in [1.54, 1.807) is 35.7 Å². The van der Waals surface area contributed by atoms with Crippen molar-refractivity contribution in [3.05, 3.63) is 108 Å². The van der Waals surface area contributed by atoms with Crippen molar-refractivity contribution in [3.63, 3.8) is 0 Å². The maximum Gasteiger partial charge on any atom is 0.168 e. The summed E-state index contributed by atoms with van der Waals surface area (Å²) in [6.45, 7) is 6.41. The van der Waals surface area contributed by atoms with Gasteiger partial charge in [0.1, 0.15) is 5.92 Å². The second-order valence-electron chi connectivity index (χ2n) is 12.7. The third kappa shape index (κ3) is 6.40. The second kappa shape index (κ2) is 14.6. The summed E-state index contributed by atoms with van der Waals surface area (Å²) in [7, 11) is 0. The Morgan fingerprint density at radius 3 is 1.54 bits per heavy atom. The summed E-state index contributed by atoms with van der Waals surface area (Å²) in [6.07, 6.45) is 11.6. The number of carbonyl (C=O) groups is 2. The number of unbranched alkanes of at least 4 members (excludes halogenated alkanes) is 2. The van der Waals surface area contributed by atoms with E-state index in [9.17, 15) is 9.59 Å². The largest absolute Gasteiger partial charge is 0.340 e. The first-order chi connectivity index (χ1) is 23.6. The highest BCUT2D eigenvalue weighted by molar-refractivity contribution is 8.20. The smallest absolute Gasteiger partial charge is 0.168 e. The Morgan fingerprint density at radius 2 is 1.08 bits per heavy atom. The lowest BCUT2D eigenvalue weighted by Gasteiger charge is -2.17. The number of hydrogen-bond donors (Lipinski definition) is 0. The van der Waals surface area contributed by atoms with Crippen LogP contribution in [-0.4, -0.2) is 36.8 Å². The van der Waals surface area contributed by atoms with Crippen molar-refractivity contribution in [2.24, 2.45) is 5.92 Å². The predicted molar refractivity (Wildman–Crippen MR) is 209 cm³/mol. The number of thioether (sulfide) groups is 2. The standard InChI is InChI=1S/C42H42N2O2S2/c1-3-5-23-43-35-13-9-7-11-31(35)33-27-29(15-19-37(33)43)17-21-39(45)41(42-47-25-26-48-42)40(46)22-18-30-16-20-38-34(28-30)32-12-8-10-14-36(32)44(38)24-6-4-2/h7-22,27-28,41-42H,3-6,23-26H2,1-2H3/b21-17+,22-18+. The van der Waals surface area contributed by atoms with Gasteiger partial charge in [-0.1, -0.05) is 87.4 Å². The number of para-hydroxylation sites is 2. The summed E-state index contributed by atoms with van der Waals surface area (Å²) in [5.74, 6) is 0.941. The topological polar surface area (TPSA) is 44.0 Å². The Kier molecular flexibility index (Phi) is 9.92. The average Bonchev–Trinajstić information content (AvgIpc) is 3.83. The van der Waals surface area contributed by atoms with Gasteiger partial charge in [0.25, 0.3) is 0 Å². The number of aromatic nitrogens is 2. The van der Waals surface area contributed by atoms with Crippen LogP contribution < -0.4 is 0 Å². The number of ketones is 2. The van der Waals surface area contributed by atoms with Crippen LogP contribution in [0.1, 0.15) is 50.7 Å². The van der Waals surface area contributed by atoms with Gasteiger partial charge in [-0.15, -0.1) is 23.5 Å². The van der Waals surface area contributed by atoms with E-state index in [1.165, 1.54) is 43.6 Å². The number of carbonyl (C=O) groups excluding carboxylic acids is 2. The van der Waals surface area contributed by atoms with Crippen molar-refractivity contribution >= 4 is 90.9 Å². The molecule has 4 nitrogen and oxygen atoms in total. The van der Waals surface area contributed by atoms with E-state index in [1.807, 2.05) is 12.2 Å². The van der Waals surface area contributed by atoms with E-state index < -0.39 is 5.92 Å². The summed E-state index contributed by atoms with van der Waals surface area (Å²) in [4.78, 5) is 27.6. The number of allylic oxidation sites excluding steroid dienone is 2. The molecular formula is C42H42N2O2S2. The molecule has 0 radical (unpaired) electrons. The third-order valence-corrected chi connectivity index (χ3v) is 12.6. The minimum atomic E-state index is -0.714. The molecule has 244 valence electrons. The molecule has 4 aromatic carbocycles. The fourth-order valence-electron chi connectivity index (χ4n) is 7.01. The van der Waals surface area contributed by atoms with Gasteiger partial charge in [-0.2, -0.15) is 0 Å². The van der Waals surface area contributed by atoms with E-state index in [0.29, 0.717) is 0 Å². The molecule has 6 aromatic rings. The van der Waals surface area contributed by atoms with Gasteiger partial charge in [-0.3, -0.25) is 9.59 Å². The first-order valence-corrected chi connectivity index (χ1v) is 19.4. The first kappa shape index (κ1) is 32.5. The van der Waals surface area contributed by atoms with Gasteiger partial charge >= 0.3 is 0 Å². The Morgan fingerprint density at radius 1 is 0.646 bits per heavy atom. The molecule has 0 N–H and O–H groups in total. The molecule has 0 spiro atoms. The Bertz CT molecular complexity index is 2030. The molecule has 1 fully saturated rings. The summed E-state index contributed by atoms with van der Waals surface area (Å²) >= 11 is 3.45. The Balaban J connectivity index is 1.15. The fraction of sp³-hybridized carbons (Fsp3) is 0.286. The van der Waals surface area contributed by atoms with Crippen LogP contribution in [0.2, 0.25) is 0 Å². The highest BCUT2D eigenvalue weighted by Gasteiger charge is 2.35. The molecule has 0 aliphatic carbocycles. The second-order valence-corrected chi connectivity index (χ2v) is 15.5. The lowest BCUT2D eigenvalue weighted by molar-refractivity contribution is -0.126. The summed E-state index contributed by atoms with van der Waals surface area (Å²) < 4.78 is 4.74. The normalized spacial score (nSPS) is 14.3. The van der Waals surface area contributed by atoms with Crippen molar-refractivity contribution in [3.8, 4) is 0 Å². The van der Waals surface area contributed by atoms with Crippen LogP contribution >= 0.6 is 23.5 Å². The van der Waals surface area contributed by atoms with Crippen molar-refractivity contribution < 1.29 is 9.59 Å². The lowest BCUT2D eigenvalue weighted by atomic mass is 9.98. The molecule has 0 unspecified atom stereocenters. The van der Waals surface area contributed by atoms with Gasteiger partial charge in [-0.25, -0.2) is 0 Å². The van der Waals surface area contributed by atoms with Crippen LogP contribution in [0, 0.1) is 5.92 Å². The summed E-state index contributed by atoms with van der Waals surface area (Å²) in [5.41, 5.74) is 6.85. The zero-order valence-electron chi connectivity index (χ0n) is 27.7. The van der Waals surface area contributed by atoms with Gasteiger partial charge in [0, 0.05) is 68.2 Å². The number of nitrogens with zero attached hydrogens (tertiary/aromatic N) is 2. The van der Waals surface area contributed by atoms with E-state index in [-0.39, 0.29) is 16.1 Å². The highest BCUT2D eigenvalue weighted by atomic mass is 32.2. The first-order valence-electron chi connectivity index (χ1n) is 17.3. The van der Waals surface area contributed by atoms with Crippen molar-refractivity contribution in [2.75, 3.05) is 11.5 Å². The molecule has 0 amide bonds. The zero-order valence-corrected chi connectivity index (χ0v) is 29.4. The summed E-state index contributed by atoms with van der Waals surface area (Å²) in [6, 6.07) is 29.9. The number of benzene rings is 4. The highest BCUT2D eigenvalue weighted by Crippen LogP contribution is 2.39. The zero-order chi connectivity index (χ0) is 33.0. The van der Waals surface area contributed by atoms with Crippen molar-refractivity contribution in [1.82, 2.24) is 9.13 Å². The average molecular weight is 671 g/mol. The van der Waals surface area contributed by atoms with E-state index >= 15 is 0 Å². The van der Waals surface area contributed by atoms with Gasteiger partial charge in [0.15, 0.2) is 11.6 Å². The van der Waals surface area contributed by atoms with E-state index in [0.717, 1.165) is 61.4 Å². The maximum atomic E-state index is 13.8. The van der Waals surface area contributed by atoms with Gasteiger partial charge in [-0.05, 0) is 72.5 Å². The van der Waals surface area contributed by atoms with Crippen LogP contribution in [0.4, 0.5) is 0 Å². The Hall–Kier alpha value is -4.00. The van der Waals surface area contributed by atoms with Crippen LogP contribution in [0.25, 0.3) is 55.8 Å². The van der Waals surface area contributed by atoms with Gasteiger partial charge in [0.05, 0.1) is 4.58 Å². The molecular weight excluding hydrogens is 629 g/mol. The van der Waals surface area contributed by atoms with Crippen molar-refractivity contribution in [2.45, 2.75) is 57.2 Å². The molecule has 1 aliphatic rings. The molecule has 0 bridgehead atoms. The SMILES string of the molecule is CCCCn1c2ccccc2c2cc(/C=C/C(=O)C(C(=O)/C=C/c3ccc4c(c3)c3ccccc3n4CCCC)C3SCCS3)ccc21. The molecule has 2 aromatic heterocycles. The van der Waals surface area contributed by atoms with Crippen LogP contribution in [0.3, 0.4) is 0 Å². The van der Waals surface area contributed by atoms with Crippen LogP contribution in [0.5, 0.6) is 0 Å². The maximum absolute atomic E-state index is 13.8. The number of fused-ring (bicyclic) bond motifs is 6. The molecule has 48 heavy (non-hydrogen) atoms. The van der Waals surface area contributed by atoms with E-state index in [2.05, 4.69) is 108 Å². The van der Waals surface area contributed by atoms with Crippen LogP contribution in [-0.2, 0) is 22.7 Å². The van der Waals surface area contributed by atoms with Gasteiger partial charge in [0.2, 0.25) is 0 Å². The molecule has 0 atom stereocenters. The quantitative estimate of drug-likeness (QED) is 0.0906. The Labute approximate surface area is 291 Å². The number of hydrogen-bond acceptors (Lipinski definition) is 4. The van der Waals surface area contributed by atoms with Gasteiger partial charge < -0.3 is 9.13 Å². The van der Waals surface area contributed by atoms with Crippen LogP contribution in [0.15, 0.2) is 97.1 Å². The minimum Gasteiger partial charge on any atom is -0.340 e. The number of aryl methyl sites for hydroxylation is 2. The molecule has 3 heterocycles. The molecule has 7 rings (SSSR count). The molecule has 6 heteroatoms. The lowest BCUT2D eigenvalue weighted by Crippen LogP contribution is -2.28. The monoisotopic (exact) mass is 670 g/mol. The minimum absolute atomic E-state index is 0.0719. The summed E-state index contributed by atoms with van der Waals surface area (Å²) in [5, 5.41) is 4.84. The molecule has 0 saturated carbocycles. The molecule has 1 aliphatic heterocycles. The molecule has 1 saturated heterocycles. The van der Waals surface area contributed by atoms with E-state index in [4.69, 9.17) is 0 Å².